The van der Waals surface area contributed by atoms with E-state index in [2.05, 4.69) is 40.7 Å². The number of nitrogens with zero attached hydrogens (tertiary/aromatic N) is 5. The van der Waals surface area contributed by atoms with E-state index in [1.165, 1.54) is 0 Å². The molecule has 0 atom stereocenters. The average Bonchev–Trinajstić information content (AvgIpc) is 3.11. The van der Waals surface area contributed by atoms with Crippen LogP contribution < -0.4 is 21.4 Å². The van der Waals surface area contributed by atoms with Gasteiger partial charge in [0.25, 0.3) is 0 Å². The number of pyridine rings is 1. The Morgan fingerprint density at radius 2 is 1.28 bits per heavy atom. The fraction of sp³-hybridized carbons (Fsp3) is 0.526. The summed E-state index contributed by atoms with van der Waals surface area (Å²) in [5.74, 6) is -0.285. The summed E-state index contributed by atoms with van der Waals surface area (Å²) in [7, 11) is 0. The molecule has 0 radical (unpaired) electrons. The summed E-state index contributed by atoms with van der Waals surface area (Å²) in [6, 6.07) is 0. The normalized spacial score (nSPS) is 16.0. The summed E-state index contributed by atoms with van der Waals surface area (Å²) in [6.07, 6.45) is 0. The van der Waals surface area contributed by atoms with Gasteiger partial charge < -0.3 is 0 Å². The molecule has 0 N–H and O–H groups in total. The molecule has 6 heteroatoms. The third kappa shape index (κ3) is 2.23. The van der Waals surface area contributed by atoms with E-state index in [1.54, 1.807) is 0 Å². The number of fused-ring (bicyclic) bond motifs is 5. The highest BCUT2D eigenvalue weighted by molar-refractivity contribution is 5.80. The van der Waals surface area contributed by atoms with Gasteiger partial charge in [0.05, 0.1) is 21.8 Å². The van der Waals surface area contributed by atoms with E-state index < -0.39 is 5.41 Å². The predicted octanol–water partition coefficient (Wildman–Crippen LogP) is 1.39. The van der Waals surface area contributed by atoms with Crippen LogP contribution in [0.2, 0.25) is 0 Å². The second kappa shape index (κ2) is 4.90. The Bertz CT molecular complexity index is 1160. The van der Waals surface area contributed by atoms with Crippen molar-refractivity contribution in [3.8, 4) is 0 Å². The van der Waals surface area contributed by atoms with E-state index in [1.807, 2.05) is 20.8 Å². The van der Waals surface area contributed by atoms with Gasteiger partial charge in [-0.2, -0.15) is 0 Å². The lowest BCUT2D eigenvalue weighted by Gasteiger charge is -2.22. The van der Waals surface area contributed by atoms with E-state index in [9.17, 15) is 0 Å². The van der Waals surface area contributed by atoms with Crippen LogP contribution in [0.4, 0.5) is 4.39 Å². The largest absolute Gasteiger partial charge is 0.259 e. The van der Waals surface area contributed by atoms with Gasteiger partial charge in [-0.05, 0) is 5.41 Å². The molecule has 0 spiro atoms. The van der Waals surface area contributed by atoms with Gasteiger partial charge in [-0.25, -0.2) is 9.37 Å². The van der Waals surface area contributed by atoms with Crippen molar-refractivity contribution in [2.45, 2.75) is 52.4 Å². The molecule has 130 valence electrons. The average molecular weight is 339 g/mol. The molecule has 4 rings (SSSR count). The summed E-state index contributed by atoms with van der Waals surface area (Å²) in [5.41, 5.74) is 1.38. The minimum absolute atomic E-state index is 0.219. The Hall–Kier alpha value is -2.24. The predicted molar refractivity (Wildman–Crippen MR) is 93.5 cm³/mol. The Balaban J connectivity index is 2.35. The molecule has 0 bridgehead atoms. The van der Waals surface area contributed by atoms with E-state index in [0.717, 1.165) is 5.69 Å². The van der Waals surface area contributed by atoms with Crippen LogP contribution in [0.1, 0.15) is 52.8 Å². The van der Waals surface area contributed by atoms with Crippen LogP contribution in [-0.4, -0.2) is 18.3 Å². The van der Waals surface area contributed by atoms with Crippen molar-refractivity contribution in [3.63, 3.8) is 0 Å². The van der Waals surface area contributed by atoms with Crippen LogP contribution in [0.5, 0.6) is 0 Å². The summed E-state index contributed by atoms with van der Waals surface area (Å²) >= 11 is 0. The molecule has 0 unspecified atom stereocenters. The second-order valence-electron chi connectivity index (χ2n) is 8.68. The molecule has 0 aliphatic carbocycles. The van der Waals surface area contributed by atoms with Gasteiger partial charge in [0.1, 0.15) is 35.4 Å². The van der Waals surface area contributed by atoms with Crippen molar-refractivity contribution < 1.29 is 4.39 Å². The van der Waals surface area contributed by atoms with E-state index >= 15 is 4.39 Å². The van der Waals surface area contributed by atoms with Crippen molar-refractivity contribution in [1.82, 2.24) is 4.98 Å². The maximum absolute atomic E-state index is 15.7. The van der Waals surface area contributed by atoms with Crippen LogP contribution in [0.15, 0.2) is 20.0 Å². The van der Waals surface area contributed by atoms with Gasteiger partial charge in [0.15, 0.2) is 0 Å². The molecule has 0 saturated carbocycles. The Morgan fingerprint density at radius 3 is 1.88 bits per heavy atom. The lowest BCUT2D eigenvalue weighted by atomic mass is 9.84. The summed E-state index contributed by atoms with van der Waals surface area (Å²) in [4.78, 5) is 22.8. The molecule has 1 aromatic carbocycles. The maximum atomic E-state index is 15.7. The first kappa shape index (κ1) is 16.2. The monoisotopic (exact) mass is 339 g/mol. The topological polar surface area (TPSA) is 62.3 Å². The van der Waals surface area contributed by atoms with Gasteiger partial charge in [-0.3, -0.25) is 20.0 Å². The number of hydrogen-bond acceptors (Lipinski definition) is 5. The minimum atomic E-state index is -0.392. The van der Waals surface area contributed by atoms with Crippen LogP contribution in [0.3, 0.4) is 0 Å². The summed E-state index contributed by atoms with van der Waals surface area (Å²) in [6.45, 7) is 12.9. The van der Waals surface area contributed by atoms with Crippen molar-refractivity contribution in [1.29, 1.82) is 0 Å². The zero-order chi connectivity index (χ0) is 18.1. The zero-order valence-corrected chi connectivity index (χ0v) is 15.5. The highest BCUT2D eigenvalue weighted by Gasteiger charge is 2.30. The van der Waals surface area contributed by atoms with Gasteiger partial charge >= 0.3 is 0 Å². The Morgan fingerprint density at radius 1 is 0.720 bits per heavy atom. The molecule has 0 amide bonds. The van der Waals surface area contributed by atoms with Crippen molar-refractivity contribution in [3.05, 3.63) is 38.5 Å². The number of halogens is 1. The Kier molecular flexibility index (Phi) is 3.18. The van der Waals surface area contributed by atoms with Crippen LogP contribution in [0, 0.1) is 5.82 Å². The zero-order valence-electron chi connectivity index (χ0n) is 15.5. The van der Waals surface area contributed by atoms with Crippen LogP contribution in [0.25, 0.3) is 10.9 Å². The Labute approximate surface area is 145 Å². The first-order valence-corrected chi connectivity index (χ1v) is 8.55. The van der Waals surface area contributed by atoms with Gasteiger partial charge in [-0.1, -0.05) is 41.5 Å². The molecule has 3 heterocycles. The second-order valence-corrected chi connectivity index (χ2v) is 8.68. The third-order valence-corrected chi connectivity index (χ3v) is 4.65. The molecule has 25 heavy (non-hydrogen) atoms. The molecule has 2 aliphatic heterocycles. The smallest absolute Gasteiger partial charge is 0.140 e. The standard InChI is InChI=1S/C19H22FN5/c1-18(2,3)10-11(20)9-12-16(24-7-21-12)17(19(4,5)6)25-13(9)15-14(10)22-8-23-15/h7-8H2,1-6H3. The highest BCUT2D eigenvalue weighted by atomic mass is 19.1. The SMILES string of the molecule is CC(C)(C)c1c(F)c2c3c(c(C(C)(C)C)nc2c2c1=NCN=2)=NCN=3. The fourth-order valence-corrected chi connectivity index (χ4v) is 3.57. The number of rotatable bonds is 0. The number of benzene rings is 1. The fourth-order valence-electron chi connectivity index (χ4n) is 3.57. The van der Waals surface area contributed by atoms with E-state index in [4.69, 9.17) is 4.98 Å². The number of aromatic nitrogens is 1. The molecular weight excluding hydrogens is 317 g/mol. The first-order chi connectivity index (χ1) is 11.6. The van der Waals surface area contributed by atoms with Gasteiger partial charge in [-0.15, -0.1) is 0 Å². The van der Waals surface area contributed by atoms with Crippen molar-refractivity contribution in [2.75, 3.05) is 13.3 Å². The lowest BCUT2D eigenvalue weighted by molar-refractivity contribution is 0.520. The quantitative estimate of drug-likeness (QED) is 0.715. The van der Waals surface area contributed by atoms with Gasteiger partial charge in [0, 0.05) is 11.0 Å². The van der Waals surface area contributed by atoms with Crippen LogP contribution >= 0.6 is 0 Å². The molecular formula is C19H22FN5. The molecule has 2 aromatic rings. The van der Waals surface area contributed by atoms with Crippen molar-refractivity contribution >= 4 is 10.9 Å². The van der Waals surface area contributed by atoms with Gasteiger partial charge in [0.2, 0.25) is 0 Å². The minimum Gasteiger partial charge on any atom is -0.259 e. The third-order valence-electron chi connectivity index (χ3n) is 4.65. The van der Waals surface area contributed by atoms with E-state index in [-0.39, 0.29) is 11.2 Å². The molecule has 1 aromatic heterocycles. The first-order valence-electron chi connectivity index (χ1n) is 8.55. The van der Waals surface area contributed by atoms with Crippen molar-refractivity contribution in [2.24, 2.45) is 20.0 Å². The lowest BCUT2D eigenvalue weighted by Crippen LogP contribution is -2.41. The molecule has 0 fully saturated rings. The maximum Gasteiger partial charge on any atom is 0.140 e. The molecule has 0 saturated heterocycles. The summed E-state index contributed by atoms with van der Waals surface area (Å²) < 4.78 is 15.7. The van der Waals surface area contributed by atoms with E-state index in [0.29, 0.717) is 51.2 Å². The number of hydrogen-bond donors (Lipinski definition) is 0. The van der Waals surface area contributed by atoms with Crippen LogP contribution in [-0.2, 0) is 10.8 Å². The highest BCUT2D eigenvalue weighted by Crippen LogP contribution is 2.25. The molecule has 2 aliphatic rings. The summed E-state index contributed by atoms with van der Waals surface area (Å²) in [5, 5.41) is 3.10. The molecule has 5 nitrogen and oxygen atoms in total.